The van der Waals surface area contributed by atoms with Crippen LogP contribution in [0.5, 0.6) is 0 Å². The molecule has 0 spiro atoms. The minimum atomic E-state index is -1.20. The number of carbonyl (C=O) groups excluding carboxylic acids is 2. The molecule has 4 rings (SSSR count). The maximum Gasteiger partial charge on any atom is 0.254 e. The van der Waals surface area contributed by atoms with Crippen molar-refractivity contribution in [2.75, 3.05) is 26.2 Å². The molecule has 1 saturated heterocycles. The molecule has 0 bridgehead atoms. The normalized spacial score (nSPS) is 14.2. The van der Waals surface area contributed by atoms with Crippen molar-refractivity contribution in [1.82, 2.24) is 15.2 Å². The first-order chi connectivity index (χ1) is 14.3. The molecular weight excluding hydrogens is 414 g/mol. The lowest BCUT2D eigenvalue weighted by Gasteiger charge is -2.27. The summed E-state index contributed by atoms with van der Waals surface area (Å²) in [6.45, 7) is 2.67. The van der Waals surface area contributed by atoms with E-state index in [4.69, 9.17) is 17.3 Å². The molecule has 9 heteroatoms. The van der Waals surface area contributed by atoms with Crippen LogP contribution in [0.2, 0.25) is 5.02 Å². The number of carbonyl (C=O) groups is 2. The first kappa shape index (κ1) is 20.2. The summed E-state index contributed by atoms with van der Waals surface area (Å²) in [5.41, 5.74) is 5.37. The lowest BCUT2D eigenvalue weighted by atomic mass is 10.0. The molecule has 1 aliphatic heterocycles. The standard InChI is InChI=1S/C21H17ClF2N4O2/c22-14-10-17(12-7-15(23)19(20(25)29)16(24)8-12)27-18-9-11(1-2-13(14)18)21(30)28-5-3-26-4-6-28/h1-2,7-10,26H,3-6H2,(H2,25,29). The molecule has 2 aromatic carbocycles. The Hall–Kier alpha value is -3.10. The van der Waals surface area contributed by atoms with Crippen molar-refractivity contribution in [1.29, 1.82) is 0 Å². The van der Waals surface area contributed by atoms with E-state index in [0.29, 0.717) is 34.6 Å². The SMILES string of the molecule is NC(=O)c1c(F)cc(-c2cc(Cl)c3ccc(C(=O)N4CCNCC4)cc3n2)cc1F. The van der Waals surface area contributed by atoms with E-state index in [9.17, 15) is 18.4 Å². The Kier molecular flexibility index (Phi) is 5.36. The van der Waals surface area contributed by atoms with E-state index in [0.717, 1.165) is 25.2 Å². The Balaban J connectivity index is 1.77. The van der Waals surface area contributed by atoms with Crippen molar-refractivity contribution in [3.63, 3.8) is 0 Å². The predicted molar refractivity (Wildman–Crippen MR) is 109 cm³/mol. The Morgan fingerprint density at radius 2 is 1.73 bits per heavy atom. The Morgan fingerprint density at radius 3 is 2.37 bits per heavy atom. The number of aromatic nitrogens is 1. The first-order valence-corrected chi connectivity index (χ1v) is 9.62. The van der Waals surface area contributed by atoms with Crippen LogP contribution in [0.15, 0.2) is 36.4 Å². The molecule has 30 heavy (non-hydrogen) atoms. The highest BCUT2D eigenvalue weighted by molar-refractivity contribution is 6.35. The summed E-state index contributed by atoms with van der Waals surface area (Å²) in [5, 5.41) is 4.11. The van der Waals surface area contributed by atoms with Gasteiger partial charge in [-0.1, -0.05) is 17.7 Å². The van der Waals surface area contributed by atoms with E-state index in [2.05, 4.69) is 10.3 Å². The van der Waals surface area contributed by atoms with E-state index >= 15 is 0 Å². The number of benzene rings is 2. The fourth-order valence-electron chi connectivity index (χ4n) is 3.47. The summed E-state index contributed by atoms with van der Waals surface area (Å²) in [6, 6.07) is 8.41. The fraction of sp³-hybridized carbons (Fsp3) is 0.190. The van der Waals surface area contributed by atoms with Crippen LogP contribution in [0, 0.1) is 11.6 Å². The number of amides is 2. The summed E-state index contributed by atoms with van der Waals surface area (Å²) in [5.74, 6) is -3.49. The second-order valence-corrected chi connectivity index (χ2v) is 7.35. The van der Waals surface area contributed by atoms with Gasteiger partial charge in [-0.05, 0) is 30.3 Å². The van der Waals surface area contributed by atoms with Gasteiger partial charge in [-0.3, -0.25) is 9.59 Å². The van der Waals surface area contributed by atoms with E-state index in [1.807, 2.05) is 0 Å². The number of piperazine rings is 1. The van der Waals surface area contributed by atoms with Gasteiger partial charge in [-0.25, -0.2) is 13.8 Å². The van der Waals surface area contributed by atoms with Crippen LogP contribution in [-0.4, -0.2) is 47.9 Å². The van der Waals surface area contributed by atoms with Crippen molar-refractivity contribution in [3.05, 3.63) is 64.2 Å². The van der Waals surface area contributed by atoms with E-state index < -0.39 is 23.1 Å². The largest absolute Gasteiger partial charge is 0.365 e. The number of nitrogens with two attached hydrogens (primary N) is 1. The monoisotopic (exact) mass is 430 g/mol. The Morgan fingerprint density at radius 1 is 1.07 bits per heavy atom. The molecule has 154 valence electrons. The van der Waals surface area contributed by atoms with Crippen molar-refractivity contribution in [3.8, 4) is 11.3 Å². The van der Waals surface area contributed by atoms with Crippen LogP contribution in [-0.2, 0) is 0 Å². The zero-order valence-corrected chi connectivity index (χ0v) is 16.5. The molecule has 2 amide bonds. The van der Waals surface area contributed by atoms with Crippen molar-refractivity contribution < 1.29 is 18.4 Å². The number of fused-ring (bicyclic) bond motifs is 1. The minimum Gasteiger partial charge on any atom is -0.365 e. The molecule has 0 saturated carbocycles. The van der Waals surface area contributed by atoms with Gasteiger partial charge in [0.25, 0.3) is 11.8 Å². The van der Waals surface area contributed by atoms with Gasteiger partial charge in [-0.15, -0.1) is 0 Å². The lowest BCUT2D eigenvalue weighted by Crippen LogP contribution is -2.46. The summed E-state index contributed by atoms with van der Waals surface area (Å²) >= 11 is 6.35. The third-order valence-electron chi connectivity index (χ3n) is 4.99. The second-order valence-electron chi connectivity index (χ2n) is 6.94. The number of nitrogens with one attached hydrogen (secondary N) is 1. The molecule has 1 aromatic heterocycles. The van der Waals surface area contributed by atoms with E-state index in [-0.39, 0.29) is 17.2 Å². The molecule has 0 unspecified atom stereocenters. The van der Waals surface area contributed by atoms with E-state index in [1.54, 1.807) is 23.1 Å². The van der Waals surface area contributed by atoms with Gasteiger partial charge in [-0.2, -0.15) is 0 Å². The van der Waals surface area contributed by atoms with Gasteiger partial charge >= 0.3 is 0 Å². The average molecular weight is 431 g/mol. The van der Waals surface area contributed by atoms with Crippen LogP contribution >= 0.6 is 11.6 Å². The van der Waals surface area contributed by atoms with Crippen molar-refractivity contribution in [2.45, 2.75) is 0 Å². The molecule has 6 nitrogen and oxygen atoms in total. The third-order valence-corrected chi connectivity index (χ3v) is 5.31. The number of rotatable bonds is 3. The molecule has 1 aliphatic rings. The summed E-state index contributed by atoms with van der Waals surface area (Å²) in [6.07, 6.45) is 0. The van der Waals surface area contributed by atoms with Crippen LogP contribution < -0.4 is 11.1 Å². The highest BCUT2D eigenvalue weighted by atomic mass is 35.5. The zero-order valence-electron chi connectivity index (χ0n) is 15.7. The topological polar surface area (TPSA) is 88.3 Å². The van der Waals surface area contributed by atoms with Gasteiger partial charge in [0.2, 0.25) is 0 Å². The summed E-state index contributed by atoms with van der Waals surface area (Å²) in [7, 11) is 0. The zero-order chi connectivity index (χ0) is 21.4. The highest BCUT2D eigenvalue weighted by Gasteiger charge is 2.20. The van der Waals surface area contributed by atoms with Gasteiger partial charge in [0.15, 0.2) is 0 Å². The Bertz CT molecular complexity index is 1160. The molecule has 0 radical (unpaired) electrons. The molecule has 0 atom stereocenters. The highest BCUT2D eigenvalue weighted by Crippen LogP contribution is 2.30. The molecule has 0 aliphatic carbocycles. The number of hydrogen-bond acceptors (Lipinski definition) is 4. The number of halogens is 3. The average Bonchev–Trinajstić information content (AvgIpc) is 2.72. The van der Waals surface area contributed by atoms with Crippen LogP contribution in [0.25, 0.3) is 22.2 Å². The lowest BCUT2D eigenvalue weighted by molar-refractivity contribution is 0.0735. The third kappa shape index (κ3) is 3.71. The Labute approximate surface area is 175 Å². The minimum absolute atomic E-state index is 0.0950. The maximum atomic E-state index is 14.2. The number of primary amides is 1. The first-order valence-electron chi connectivity index (χ1n) is 9.24. The van der Waals surface area contributed by atoms with Gasteiger partial charge in [0.05, 0.1) is 16.2 Å². The van der Waals surface area contributed by atoms with Crippen LogP contribution in [0.4, 0.5) is 8.78 Å². The predicted octanol–water partition coefficient (Wildman–Crippen LogP) is 2.98. The van der Waals surface area contributed by atoms with Gasteiger partial charge < -0.3 is 16.0 Å². The summed E-state index contributed by atoms with van der Waals surface area (Å²) < 4.78 is 28.4. The van der Waals surface area contributed by atoms with Crippen molar-refractivity contribution in [2.24, 2.45) is 5.73 Å². The second kappa shape index (κ2) is 7.97. The van der Waals surface area contributed by atoms with Crippen LogP contribution in [0.1, 0.15) is 20.7 Å². The van der Waals surface area contributed by atoms with E-state index in [1.165, 1.54) is 6.07 Å². The molecular formula is C21H17ClF2N4O2. The molecule has 3 N–H and O–H groups in total. The quantitative estimate of drug-likeness (QED) is 0.668. The molecule has 2 heterocycles. The molecule has 1 fully saturated rings. The number of nitrogens with zero attached hydrogens (tertiary/aromatic N) is 2. The van der Waals surface area contributed by atoms with Crippen LogP contribution in [0.3, 0.4) is 0 Å². The van der Waals surface area contributed by atoms with Crippen molar-refractivity contribution >= 4 is 34.3 Å². The molecule has 3 aromatic rings. The van der Waals surface area contributed by atoms with Gasteiger partial charge in [0, 0.05) is 42.7 Å². The fourth-order valence-corrected chi connectivity index (χ4v) is 3.74. The smallest absolute Gasteiger partial charge is 0.254 e. The number of pyridine rings is 1. The van der Waals surface area contributed by atoms with Gasteiger partial charge in [0.1, 0.15) is 17.2 Å². The summed E-state index contributed by atoms with van der Waals surface area (Å²) in [4.78, 5) is 30.2. The number of hydrogen-bond donors (Lipinski definition) is 2. The maximum absolute atomic E-state index is 14.2.